The van der Waals surface area contributed by atoms with Gasteiger partial charge in [0.25, 0.3) is 0 Å². The zero-order chi connectivity index (χ0) is 9.14. The lowest BCUT2D eigenvalue weighted by Gasteiger charge is -2.31. The van der Waals surface area contributed by atoms with E-state index >= 15 is 0 Å². The predicted octanol–water partition coefficient (Wildman–Crippen LogP) is 0.605. The van der Waals surface area contributed by atoms with Gasteiger partial charge < -0.3 is 10.2 Å². The summed E-state index contributed by atoms with van der Waals surface area (Å²) in [6.45, 7) is 7.79. The molecule has 0 aliphatic carbocycles. The highest BCUT2D eigenvalue weighted by Crippen LogP contribution is 2.12. The molecule has 1 fully saturated rings. The van der Waals surface area contributed by atoms with Gasteiger partial charge in [-0.05, 0) is 26.8 Å². The van der Waals surface area contributed by atoms with Crippen molar-refractivity contribution in [1.29, 1.82) is 0 Å². The maximum absolute atomic E-state index is 11.3. The van der Waals surface area contributed by atoms with Crippen LogP contribution in [0, 0.1) is 0 Å². The maximum atomic E-state index is 11.3. The van der Waals surface area contributed by atoms with Crippen LogP contribution in [0.2, 0.25) is 0 Å². The molecule has 3 nitrogen and oxygen atoms in total. The van der Waals surface area contributed by atoms with E-state index in [1.807, 2.05) is 4.90 Å². The molecule has 1 saturated heterocycles. The molecule has 0 spiro atoms. The molecule has 1 atom stereocenters. The topological polar surface area (TPSA) is 32.3 Å². The minimum Gasteiger partial charge on any atom is -0.336 e. The number of amides is 1. The van der Waals surface area contributed by atoms with Gasteiger partial charge in [0.1, 0.15) is 0 Å². The highest BCUT2D eigenvalue weighted by atomic mass is 16.2. The Morgan fingerprint density at radius 2 is 2.25 bits per heavy atom. The van der Waals surface area contributed by atoms with Crippen molar-refractivity contribution < 1.29 is 4.79 Å². The van der Waals surface area contributed by atoms with E-state index in [2.05, 4.69) is 19.2 Å². The summed E-state index contributed by atoms with van der Waals surface area (Å²) in [7, 11) is 0. The third-order valence-corrected chi connectivity index (χ3v) is 2.35. The Hall–Kier alpha value is -0.570. The van der Waals surface area contributed by atoms with Crippen molar-refractivity contribution in [3.63, 3.8) is 0 Å². The third-order valence-electron chi connectivity index (χ3n) is 2.35. The summed E-state index contributed by atoms with van der Waals surface area (Å²) < 4.78 is 0. The number of nitrogens with zero attached hydrogens (tertiary/aromatic N) is 1. The molecule has 0 aromatic heterocycles. The minimum absolute atomic E-state index is 0.193. The van der Waals surface area contributed by atoms with Gasteiger partial charge in [-0.25, -0.2) is 0 Å². The van der Waals surface area contributed by atoms with Gasteiger partial charge in [0.2, 0.25) is 5.91 Å². The summed E-state index contributed by atoms with van der Waals surface area (Å²) >= 11 is 0. The Labute approximate surface area is 74.1 Å². The summed E-state index contributed by atoms with van der Waals surface area (Å²) in [5, 5.41) is 3.27. The first-order valence-corrected chi connectivity index (χ1v) is 4.62. The van der Waals surface area contributed by atoms with Gasteiger partial charge in [-0.2, -0.15) is 0 Å². The first kappa shape index (κ1) is 9.52. The van der Waals surface area contributed by atoms with Crippen molar-refractivity contribution >= 4 is 5.91 Å². The molecule has 1 aliphatic heterocycles. The van der Waals surface area contributed by atoms with Crippen molar-refractivity contribution in [3.8, 4) is 0 Å². The minimum atomic E-state index is 0.193. The molecule has 0 radical (unpaired) electrons. The normalized spacial score (nSPS) is 23.2. The van der Waals surface area contributed by atoms with Crippen LogP contribution in [0.1, 0.15) is 27.2 Å². The zero-order valence-corrected chi connectivity index (χ0v) is 8.13. The van der Waals surface area contributed by atoms with Crippen molar-refractivity contribution in [2.24, 2.45) is 0 Å². The highest BCUT2D eigenvalue weighted by Gasteiger charge is 2.25. The van der Waals surface area contributed by atoms with Crippen LogP contribution in [0.3, 0.4) is 0 Å². The summed E-state index contributed by atoms with van der Waals surface area (Å²) in [5.74, 6) is 0.193. The maximum Gasteiger partial charge on any atom is 0.219 e. The van der Waals surface area contributed by atoms with Crippen LogP contribution in [-0.2, 0) is 4.79 Å². The lowest BCUT2D eigenvalue weighted by Crippen LogP contribution is -2.44. The molecular weight excluding hydrogens is 152 g/mol. The quantitative estimate of drug-likeness (QED) is 0.658. The predicted molar refractivity (Wildman–Crippen MR) is 48.9 cm³/mol. The van der Waals surface area contributed by atoms with Gasteiger partial charge in [0, 0.05) is 25.6 Å². The number of nitrogens with one attached hydrogen (secondary N) is 1. The number of carbonyl (C=O) groups is 1. The third kappa shape index (κ3) is 1.97. The van der Waals surface area contributed by atoms with E-state index < -0.39 is 0 Å². The van der Waals surface area contributed by atoms with E-state index in [9.17, 15) is 4.79 Å². The van der Waals surface area contributed by atoms with Crippen LogP contribution in [0.25, 0.3) is 0 Å². The second-order valence-corrected chi connectivity index (χ2v) is 3.67. The molecule has 0 aromatic carbocycles. The lowest BCUT2D eigenvalue weighted by molar-refractivity contribution is -0.132. The summed E-state index contributed by atoms with van der Waals surface area (Å²) in [6.07, 6.45) is 1.10. The van der Waals surface area contributed by atoms with E-state index in [0.29, 0.717) is 12.1 Å². The molecule has 0 saturated carbocycles. The average molecular weight is 170 g/mol. The monoisotopic (exact) mass is 170 g/mol. The van der Waals surface area contributed by atoms with Gasteiger partial charge in [-0.3, -0.25) is 4.79 Å². The fourth-order valence-corrected chi connectivity index (χ4v) is 1.92. The molecule has 70 valence electrons. The van der Waals surface area contributed by atoms with E-state index in [1.165, 1.54) is 0 Å². The number of rotatable bonds is 2. The molecule has 12 heavy (non-hydrogen) atoms. The SMILES string of the molecule is CC(=O)N(C(C)C)C1CCNC1. The Morgan fingerprint density at radius 3 is 2.58 bits per heavy atom. The molecule has 0 bridgehead atoms. The molecule has 0 aromatic rings. The number of hydrogen-bond donors (Lipinski definition) is 1. The molecular formula is C9H18N2O. The Morgan fingerprint density at radius 1 is 1.58 bits per heavy atom. The second-order valence-electron chi connectivity index (χ2n) is 3.67. The van der Waals surface area contributed by atoms with Crippen LogP contribution < -0.4 is 5.32 Å². The van der Waals surface area contributed by atoms with E-state index in [0.717, 1.165) is 19.5 Å². The van der Waals surface area contributed by atoms with Gasteiger partial charge >= 0.3 is 0 Å². The van der Waals surface area contributed by atoms with E-state index in [-0.39, 0.29) is 5.91 Å². The fourth-order valence-electron chi connectivity index (χ4n) is 1.92. The molecule has 1 heterocycles. The fraction of sp³-hybridized carbons (Fsp3) is 0.889. The Bertz CT molecular complexity index is 162. The molecule has 1 aliphatic rings. The van der Waals surface area contributed by atoms with E-state index in [4.69, 9.17) is 0 Å². The van der Waals surface area contributed by atoms with Crippen LogP contribution >= 0.6 is 0 Å². The second kappa shape index (κ2) is 3.90. The van der Waals surface area contributed by atoms with Crippen LogP contribution in [-0.4, -0.2) is 36.0 Å². The summed E-state index contributed by atoms with van der Waals surface area (Å²) in [4.78, 5) is 13.2. The first-order valence-electron chi connectivity index (χ1n) is 4.62. The van der Waals surface area contributed by atoms with Crippen molar-refractivity contribution in [2.75, 3.05) is 13.1 Å². The first-order chi connectivity index (χ1) is 5.63. The Balaban J connectivity index is 2.58. The van der Waals surface area contributed by atoms with Crippen molar-refractivity contribution in [1.82, 2.24) is 10.2 Å². The lowest BCUT2D eigenvalue weighted by atomic mass is 10.2. The van der Waals surface area contributed by atoms with E-state index in [1.54, 1.807) is 6.92 Å². The zero-order valence-electron chi connectivity index (χ0n) is 8.13. The molecule has 1 unspecified atom stereocenters. The van der Waals surface area contributed by atoms with Crippen LogP contribution in [0.15, 0.2) is 0 Å². The molecule has 1 N–H and O–H groups in total. The van der Waals surface area contributed by atoms with Gasteiger partial charge in [-0.1, -0.05) is 0 Å². The van der Waals surface area contributed by atoms with Gasteiger partial charge in [0.15, 0.2) is 0 Å². The number of hydrogen-bond acceptors (Lipinski definition) is 2. The highest BCUT2D eigenvalue weighted by molar-refractivity contribution is 5.74. The summed E-state index contributed by atoms with van der Waals surface area (Å²) in [5.41, 5.74) is 0. The average Bonchev–Trinajstić information content (AvgIpc) is 2.37. The van der Waals surface area contributed by atoms with Gasteiger partial charge in [0.05, 0.1) is 0 Å². The van der Waals surface area contributed by atoms with Crippen LogP contribution in [0.5, 0.6) is 0 Å². The smallest absolute Gasteiger partial charge is 0.219 e. The van der Waals surface area contributed by atoms with Crippen LogP contribution in [0.4, 0.5) is 0 Å². The molecule has 3 heteroatoms. The molecule has 1 rings (SSSR count). The Kier molecular flexibility index (Phi) is 3.09. The van der Waals surface area contributed by atoms with Crippen molar-refractivity contribution in [2.45, 2.75) is 39.3 Å². The van der Waals surface area contributed by atoms with Gasteiger partial charge in [-0.15, -0.1) is 0 Å². The largest absolute Gasteiger partial charge is 0.336 e. The standard InChI is InChI=1S/C9H18N2O/c1-7(2)11(8(3)12)9-4-5-10-6-9/h7,9-10H,4-6H2,1-3H3. The molecule has 1 amide bonds. The number of carbonyl (C=O) groups excluding carboxylic acids is 1. The summed E-state index contributed by atoms with van der Waals surface area (Å²) in [6, 6.07) is 0.745. The van der Waals surface area contributed by atoms with Crippen molar-refractivity contribution in [3.05, 3.63) is 0 Å².